The van der Waals surface area contributed by atoms with Crippen molar-refractivity contribution < 1.29 is 14.3 Å². The standard InChI is InChI=1S/C19H21N5O3/c20-9-5-2-6-10-23-12-16(11-21-23)22-18(25)13-24-17(14-27-19(24)26)15-7-3-1-4-8-15/h1,3-4,7-8,11-12,17H,2,5-6,10,13-14H2,(H,22,25). The Labute approximate surface area is 157 Å². The molecule has 0 bridgehead atoms. The third kappa shape index (κ3) is 4.85. The zero-order valence-corrected chi connectivity index (χ0v) is 14.9. The van der Waals surface area contributed by atoms with Crippen LogP contribution in [0.5, 0.6) is 0 Å². The lowest BCUT2D eigenvalue weighted by molar-refractivity contribution is -0.117. The maximum atomic E-state index is 12.4. The average molecular weight is 367 g/mol. The molecule has 0 radical (unpaired) electrons. The minimum Gasteiger partial charge on any atom is -0.447 e. The average Bonchev–Trinajstić information content (AvgIpc) is 3.26. The van der Waals surface area contributed by atoms with Crippen LogP contribution < -0.4 is 5.32 Å². The molecule has 1 aromatic carbocycles. The van der Waals surface area contributed by atoms with Crippen LogP contribution in [0.3, 0.4) is 0 Å². The van der Waals surface area contributed by atoms with Crippen LogP contribution in [0, 0.1) is 11.3 Å². The lowest BCUT2D eigenvalue weighted by Gasteiger charge is -2.20. The highest BCUT2D eigenvalue weighted by molar-refractivity contribution is 5.94. The van der Waals surface area contributed by atoms with E-state index in [-0.39, 0.29) is 25.1 Å². The first-order chi connectivity index (χ1) is 13.2. The number of anilines is 1. The molecule has 1 aliphatic heterocycles. The van der Waals surface area contributed by atoms with Crippen molar-refractivity contribution >= 4 is 17.7 Å². The van der Waals surface area contributed by atoms with E-state index in [4.69, 9.17) is 10.00 Å². The van der Waals surface area contributed by atoms with Crippen molar-refractivity contribution in [2.24, 2.45) is 0 Å². The fourth-order valence-electron chi connectivity index (χ4n) is 2.96. The second-order valence-corrected chi connectivity index (χ2v) is 6.29. The van der Waals surface area contributed by atoms with Crippen molar-refractivity contribution in [2.75, 3.05) is 18.5 Å². The Morgan fingerprint density at radius 3 is 2.93 bits per heavy atom. The van der Waals surface area contributed by atoms with E-state index in [9.17, 15) is 9.59 Å². The summed E-state index contributed by atoms with van der Waals surface area (Å²) in [5.74, 6) is -0.307. The Balaban J connectivity index is 1.55. The molecule has 8 heteroatoms. The molecule has 27 heavy (non-hydrogen) atoms. The first kappa shape index (κ1) is 18.5. The lowest BCUT2D eigenvalue weighted by atomic mass is 10.1. The Bertz CT molecular complexity index is 827. The summed E-state index contributed by atoms with van der Waals surface area (Å²) in [5.41, 5.74) is 1.51. The fraction of sp³-hybridized carbons (Fsp3) is 0.368. The number of cyclic esters (lactones) is 1. The summed E-state index contributed by atoms with van der Waals surface area (Å²) in [6.07, 6.45) is 5.00. The summed E-state index contributed by atoms with van der Waals surface area (Å²) in [6.45, 7) is 0.828. The molecule has 1 saturated heterocycles. The molecule has 1 fully saturated rings. The van der Waals surface area contributed by atoms with Gasteiger partial charge in [0.2, 0.25) is 5.91 Å². The van der Waals surface area contributed by atoms with Gasteiger partial charge in [-0.3, -0.25) is 14.4 Å². The van der Waals surface area contributed by atoms with Crippen LogP contribution in [-0.2, 0) is 16.1 Å². The van der Waals surface area contributed by atoms with Gasteiger partial charge in [0.1, 0.15) is 13.2 Å². The van der Waals surface area contributed by atoms with Crippen LogP contribution >= 0.6 is 0 Å². The van der Waals surface area contributed by atoms with Gasteiger partial charge in [-0.25, -0.2) is 4.79 Å². The number of nitriles is 1. The van der Waals surface area contributed by atoms with Crippen LogP contribution in [-0.4, -0.2) is 39.8 Å². The Hall–Kier alpha value is -3.34. The number of hydrogen-bond donors (Lipinski definition) is 1. The van der Waals surface area contributed by atoms with Crippen molar-refractivity contribution in [1.29, 1.82) is 5.26 Å². The van der Waals surface area contributed by atoms with E-state index >= 15 is 0 Å². The number of amides is 2. The number of carbonyl (C=O) groups is 2. The Kier molecular flexibility index (Phi) is 6.05. The van der Waals surface area contributed by atoms with E-state index in [1.165, 1.54) is 4.90 Å². The molecule has 1 unspecified atom stereocenters. The molecule has 0 saturated carbocycles. The fourth-order valence-corrected chi connectivity index (χ4v) is 2.96. The van der Waals surface area contributed by atoms with Crippen LogP contribution in [0.25, 0.3) is 0 Å². The first-order valence-corrected chi connectivity index (χ1v) is 8.85. The zero-order chi connectivity index (χ0) is 19.1. The smallest absolute Gasteiger partial charge is 0.410 e. The van der Waals surface area contributed by atoms with Crippen molar-refractivity contribution in [2.45, 2.75) is 31.8 Å². The number of rotatable bonds is 8. The minimum absolute atomic E-state index is 0.0915. The highest BCUT2D eigenvalue weighted by Crippen LogP contribution is 2.27. The van der Waals surface area contributed by atoms with Crippen LogP contribution in [0.1, 0.15) is 30.9 Å². The molecule has 1 aliphatic rings. The quantitative estimate of drug-likeness (QED) is 0.723. The molecule has 0 aliphatic carbocycles. The van der Waals surface area contributed by atoms with Gasteiger partial charge in [0.15, 0.2) is 0 Å². The third-order valence-corrected chi connectivity index (χ3v) is 4.32. The predicted octanol–water partition coefficient (Wildman–Crippen LogP) is 2.71. The number of benzene rings is 1. The van der Waals surface area contributed by atoms with Crippen LogP contribution in [0.15, 0.2) is 42.7 Å². The van der Waals surface area contributed by atoms with Crippen molar-refractivity contribution in [3.63, 3.8) is 0 Å². The molecule has 2 aromatic rings. The van der Waals surface area contributed by atoms with Gasteiger partial charge in [-0.05, 0) is 18.4 Å². The largest absolute Gasteiger partial charge is 0.447 e. The van der Waals surface area contributed by atoms with Gasteiger partial charge in [-0.15, -0.1) is 0 Å². The highest BCUT2D eigenvalue weighted by Gasteiger charge is 2.35. The summed E-state index contributed by atoms with van der Waals surface area (Å²) in [6, 6.07) is 11.3. The summed E-state index contributed by atoms with van der Waals surface area (Å²) in [5, 5.41) is 15.5. The number of hydrogen-bond acceptors (Lipinski definition) is 5. The SMILES string of the molecule is N#CCCCCn1cc(NC(=O)CN2C(=O)OCC2c2ccccc2)cn1. The topological polar surface area (TPSA) is 100 Å². The van der Waals surface area contributed by atoms with Crippen LogP contribution in [0.4, 0.5) is 10.5 Å². The van der Waals surface area contributed by atoms with E-state index in [0.29, 0.717) is 18.7 Å². The van der Waals surface area contributed by atoms with Crippen molar-refractivity contribution in [3.05, 3.63) is 48.3 Å². The molecule has 8 nitrogen and oxygen atoms in total. The summed E-state index contributed by atoms with van der Waals surface area (Å²) in [4.78, 5) is 25.8. The number of ether oxygens (including phenoxy) is 1. The predicted molar refractivity (Wildman–Crippen MR) is 97.6 cm³/mol. The molecule has 1 atom stereocenters. The molecular formula is C19H21N5O3. The number of aromatic nitrogens is 2. The second kappa shape index (κ2) is 8.85. The van der Waals surface area contributed by atoms with E-state index in [1.807, 2.05) is 30.3 Å². The van der Waals surface area contributed by atoms with Gasteiger partial charge >= 0.3 is 6.09 Å². The van der Waals surface area contributed by atoms with E-state index in [2.05, 4.69) is 16.5 Å². The molecule has 3 rings (SSSR count). The molecule has 2 amide bonds. The lowest BCUT2D eigenvalue weighted by Crippen LogP contribution is -2.35. The maximum absolute atomic E-state index is 12.4. The Morgan fingerprint density at radius 2 is 2.15 bits per heavy atom. The van der Waals surface area contributed by atoms with E-state index in [1.54, 1.807) is 17.1 Å². The number of unbranched alkanes of at least 4 members (excludes halogenated alkanes) is 2. The number of carbonyl (C=O) groups excluding carboxylic acids is 2. The molecule has 1 aromatic heterocycles. The van der Waals surface area contributed by atoms with Gasteiger partial charge in [0.25, 0.3) is 0 Å². The molecular weight excluding hydrogens is 346 g/mol. The summed E-state index contributed by atoms with van der Waals surface area (Å²) in [7, 11) is 0. The van der Waals surface area contributed by atoms with Gasteiger partial charge in [0, 0.05) is 19.2 Å². The Morgan fingerprint density at radius 1 is 1.33 bits per heavy atom. The van der Waals surface area contributed by atoms with Gasteiger partial charge < -0.3 is 10.1 Å². The summed E-state index contributed by atoms with van der Waals surface area (Å²) < 4.78 is 6.85. The van der Waals surface area contributed by atoms with Gasteiger partial charge in [-0.1, -0.05) is 30.3 Å². The highest BCUT2D eigenvalue weighted by atomic mass is 16.6. The van der Waals surface area contributed by atoms with Crippen molar-refractivity contribution in [3.8, 4) is 6.07 Å². The molecule has 1 N–H and O–H groups in total. The number of aryl methyl sites for hydroxylation is 1. The normalized spacial score (nSPS) is 16.0. The summed E-state index contributed by atoms with van der Waals surface area (Å²) >= 11 is 0. The maximum Gasteiger partial charge on any atom is 0.410 e. The van der Waals surface area contributed by atoms with Gasteiger partial charge in [-0.2, -0.15) is 10.4 Å². The second-order valence-electron chi connectivity index (χ2n) is 6.29. The first-order valence-electron chi connectivity index (χ1n) is 8.85. The monoisotopic (exact) mass is 367 g/mol. The number of nitrogens with one attached hydrogen (secondary N) is 1. The molecule has 140 valence electrons. The molecule has 2 heterocycles. The van der Waals surface area contributed by atoms with Crippen molar-refractivity contribution in [1.82, 2.24) is 14.7 Å². The van der Waals surface area contributed by atoms with E-state index < -0.39 is 6.09 Å². The minimum atomic E-state index is -0.493. The zero-order valence-electron chi connectivity index (χ0n) is 14.9. The van der Waals surface area contributed by atoms with E-state index in [0.717, 1.165) is 18.4 Å². The van der Waals surface area contributed by atoms with Crippen LogP contribution in [0.2, 0.25) is 0 Å². The third-order valence-electron chi connectivity index (χ3n) is 4.32. The number of nitrogens with zero attached hydrogens (tertiary/aromatic N) is 4. The van der Waals surface area contributed by atoms with Gasteiger partial charge in [0.05, 0.1) is 24.0 Å². The molecule has 0 spiro atoms.